The average molecular weight is 509 g/mol. The maximum absolute atomic E-state index is 13.6. The zero-order chi connectivity index (χ0) is 25.1. The monoisotopic (exact) mass is 508 g/mol. The topological polar surface area (TPSA) is 106 Å². The van der Waals surface area contributed by atoms with Gasteiger partial charge in [-0.15, -0.1) is 0 Å². The second-order valence-corrected chi connectivity index (χ2v) is 7.13. The van der Waals surface area contributed by atoms with Gasteiger partial charge in [-0.1, -0.05) is 11.6 Å². The van der Waals surface area contributed by atoms with E-state index in [-0.39, 0.29) is 42.6 Å². The van der Waals surface area contributed by atoms with Crippen LogP contribution < -0.4 is 24.8 Å². The standard InChI is InChI=1S/C21H21ClF4N2O6/c22-15-3-1-13(7-16(15)23)32-10-19(30)27-6-5-12(29)9-28-20(31)11-33-14-2-4-18(17(24)8-14)34-21(25)26/h1-4,7-8,12,21,29H,5-6,9-11H2,(H,27,30)(H,28,31)/t12-/m0/s1. The molecule has 13 heteroatoms. The van der Waals surface area contributed by atoms with Gasteiger partial charge in [0.25, 0.3) is 11.8 Å². The molecule has 34 heavy (non-hydrogen) atoms. The molecule has 0 heterocycles. The van der Waals surface area contributed by atoms with Crippen LogP contribution in [0.2, 0.25) is 5.02 Å². The summed E-state index contributed by atoms with van der Waals surface area (Å²) >= 11 is 5.55. The van der Waals surface area contributed by atoms with E-state index >= 15 is 0 Å². The van der Waals surface area contributed by atoms with Gasteiger partial charge in [-0.3, -0.25) is 9.59 Å². The maximum Gasteiger partial charge on any atom is 0.387 e. The number of alkyl halides is 2. The lowest BCUT2D eigenvalue weighted by Crippen LogP contribution is -2.37. The largest absolute Gasteiger partial charge is 0.484 e. The summed E-state index contributed by atoms with van der Waals surface area (Å²) in [6.07, 6.45) is -0.877. The number of ether oxygens (including phenoxy) is 3. The Labute approximate surface area is 196 Å². The van der Waals surface area contributed by atoms with Crippen LogP contribution >= 0.6 is 11.6 Å². The zero-order valence-corrected chi connectivity index (χ0v) is 18.3. The number of halogens is 5. The zero-order valence-electron chi connectivity index (χ0n) is 17.5. The van der Waals surface area contributed by atoms with Crippen molar-refractivity contribution in [3.8, 4) is 17.2 Å². The molecule has 0 bridgehead atoms. The van der Waals surface area contributed by atoms with E-state index in [1.807, 2.05) is 0 Å². The molecule has 0 aliphatic heterocycles. The van der Waals surface area contributed by atoms with E-state index in [0.29, 0.717) is 0 Å². The van der Waals surface area contributed by atoms with E-state index in [2.05, 4.69) is 15.4 Å². The van der Waals surface area contributed by atoms with Gasteiger partial charge >= 0.3 is 6.61 Å². The van der Waals surface area contributed by atoms with Crippen molar-refractivity contribution >= 4 is 23.4 Å². The van der Waals surface area contributed by atoms with E-state index in [1.165, 1.54) is 12.1 Å². The van der Waals surface area contributed by atoms with Crippen LogP contribution in [0.15, 0.2) is 36.4 Å². The molecule has 8 nitrogen and oxygen atoms in total. The third kappa shape index (κ3) is 9.71. The first-order valence-electron chi connectivity index (χ1n) is 9.80. The second-order valence-electron chi connectivity index (χ2n) is 6.72. The molecule has 3 N–H and O–H groups in total. The highest BCUT2D eigenvalue weighted by Gasteiger charge is 2.13. The Kier molecular flexibility index (Phi) is 10.7. The normalized spacial score (nSPS) is 11.6. The summed E-state index contributed by atoms with van der Waals surface area (Å²) in [5.41, 5.74) is 0. The lowest BCUT2D eigenvalue weighted by molar-refractivity contribution is -0.124. The van der Waals surface area contributed by atoms with Crippen LogP contribution in [0.1, 0.15) is 6.42 Å². The molecule has 186 valence electrons. The minimum absolute atomic E-state index is 0.0744. The first-order valence-corrected chi connectivity index (χ1v) is 10.2. The van der Waals surface area contributed by atoms with Gasteiger partial charge in [-0.2, -0.15) is 8.78 Å². The van der Waals surface area contributed by atoms with Crippen LogP contribution in [0, 0.1) is 11.6 Å². The quantitative estimate of drug-likeness (QED) is 0.359. The highest BCUT2D eigenvalue weighted by atomic mass is 35.5. The number of aliphatic hydroxyl groups excluding tert-OH is 1. The Morgan fingerprint density at radius 1 is 0.941 bits per heavy atom. The lowest BCUT2D eigenvalue weighted by Gasteiger charge is -2.13. The van der Waals surface area contributed by atoms with Crippen molar-refractivity contribution < 1.29 is 46.5 Å². The van der Waals surface area contributed by atoms with Gasteiger partial charge < -0.3 is 30.0 Å². The molecule has 0 spiro atoms. The lowest BCUT2D eigenvalue weighted by atomic mass is 10.2. The Bertz CT molecular complexity index is 982. The fourth-order valence-electron chi connectivity index (χ4n) is 2.44. The molecule has 2 aromatic rings. The van der Waals surface area contributed by atoms with Crippen LogP contribution in [0.4, 0.5) is 17.6 Å². The minimum atomic E-state index is -3.18. The molecule has 0 aliphatic carbocycles. The summed E-state index contributed by atoms with van der Waals surface area (Å²) in [6.45, 7) is -4.13. The maximum atomic E-state index is 13.6. The van der Waals surface area contributed by atoms with Crippen molar-refractivity contribution in [3.63, 3.8) is 0 Å². The first kappa shape index (κ1) is 27.0. The van der Waals surface area contributed by atoms with Gasteiger partial charge in [0.1, 0.15) is 17.3 Å². The smallest absolute Gasteiger partial charge is 0.387 e. The summed E-state index contributed by atoms with van der Waals surface area (Å²) in [7, 11) is 0. The molecule has 0 saturated heterocycles. The number of rotatable bonds is 13. The minimum Gasteiger partial charge on any atom is -0.484 e. The fourth-order valence-corrected chi connectivity index (χ4v) is 2.56. The Morgan fingerprint density at radius 2 is 1.53 bits per heavy atom. The van der Waals surface area contributed by atoms with Crippen LogP contribution in [0.5, 0.6) is 17.2 Å². The Hall–Kier alpha value is -3.25. The SMILES string of the molecule is O=C(COc1ccc(Cl)c(F)c1)NCC[C@H](O)CNC(=O)COc1ccc(OC(F)F)c(F)c1. The number of carbonyl (C=O) groups excluding carboxylic acids is 2. The van der Waals surface area contributed by atoms with E-state index in [1.54, 1.807) is 0 Å². The summed E-state index contributed by atoms with van der Waals surface area (Å²) in [5.74, 6) is -3.51. The average Bonchev–Trinajstić information content (AvgIpc) is 2.78. The van der Waals surface area contributed by atoms with Gasteiger partial charge in [0.2, 0.25) is 0 Å². The summed E-state index contributed by atoms with van der Waals surface area (Å²) in [4.78, 5) is 23.5. The molecular weight excluding hydrogens is 488 g/mol. The third-order valence-corrected chi connectivity index (χ3v) is 4.39. The number of hydrogen-bond acceptors (Lipinski definition) is 6. The highest BCUT2D eigenvalue weighted by Crippen LogP contribution is 2.24. The van der Waals surface area contributed by atoms with Gasteiger partial charge in [-0.05, 0) is 30.7 Å². The van der Waals surface area contributed by atoms with Crippen molar-refractivity contribution in [2.45, 2.75) is 19.1 Å². The Morgan fingerprint density at radius 3 is 2.12 bits per heavy atom. The number of benzene rings is 2. The molecule has 1 atom stereocenters. The van der Waals surface area contributed by atoms with E-state index in [0.717, 1.165) is 24.3 Å². The van der Waals surface area contributed by atoms with E-state index in [9.17, 15) is 32.3 Å². The molecular formula is C21H21ClF4N2O6. The molecule has 0 radical (unpaired) electrons. The number of hydrogen-bond donors (Lipinski definition) is 3. The number of amides is 2. The van der Waals surface area contributed by atoms with Crippen LogP contribution in [-0.4, -0.2) is 55.9 Å². The van der Waals surface area contributed by atoms with Gasteiger partial charge in [0.05, 0.1) is 11.1 Å². The third-order valence-electron chi connectivity index (χ3n) is 4.08. The number of aliphatic hydroxyl groups is 1. The molecule has 0 aromatic heterocycles. The molecule has 0 saturated carbocycles. The van der Waals surface area contributed by atoms with Gasteiger partial charge in [0, 0.05) is 25.2 Å². The van der Waals surface area contributed by atoms with Crippen LogP contribution in [0.3, 0.4) is 0 Å². The molecule has 0 aliphatic rings. The van der Waals surface area contributed by atoms with Crippen LogP contribution in [0.25, 0.3) is 0 Å². The number of nitrogens with one attached hydrogen (secondary N) is 2. The van der Waals surface area contributed by atoms with Gasteiger partial charge in [-0.25, -0.2) is 8.78 Å². The molecule has 2 rings (SSSR count). The first-order chi connectivity index (χ1) is 16.1. The van der Waals surface area contributed by atoms with Crippen molar-refractivity contribution in [1.29, 1.82) is 0 Å². The van der Waals surface area contributed by atoms with Crippen molar-refractivity contribution in [2.24, 2.45) is 0 Å². The van der Waals surface area contributed by atoms with Crippen LogP contribution in [-0.2, 0) is 9.59 Å². The van der Waals surface area contributed by atoms with Crippen molar-refractivity contribution in [3.05, 3.63) is 53.1 Å². The predicted octanol–water partition coefficient (Wildman–Crippen LogP) is 2.66. The Balaban J connectivity index is 1.60. The summed E-state index contributed by atoms with van der Waals surface area (Å²) in [6, 6.07) is 6.61. The van der Waals surface area contributed by atoms with Crippen molar-refractivity contribution in [1.82, 2.24) is 10.6 Å². The van der Waals surface area contributed by atoms with E-state index in [4.69, 9.17) is 21.1 Å². The van der Waals surface area contributed by atoms with Gasteiger partial charge in [0.15, 0.2) is 24.8 Å². The molecule has 2 amide bonds. The molecule has 0 fully saturated rings. The summed E-state index contributed by atoms with van der Waals surface area (Å²) < 4.78 is 65.3. The highest BCUT2D eigenvalue weighted by molar-refractivity contribution is 6.30. The molecule has 2 aromatic carbocycles. The van der Waals surface area contributed by atoms with E-state index < -0.39 is 48.5 Å². The molecule has 0 unspecified atom stereocenters. The summed E-state index contributed by atoms with van der Waals surface area (Å²) in [5, 5.41) is 14.7. The predicted molar refractivity (Wildman–Crippen MR) is 112 cm³/mol. The fraction of sp³-hybridized carbons (Fsp3) is 0.333. The van der Waals surface area contributed by atoms with Crippen molar-refractivity contribution in [2.75, 3.05) is 26.3 Å². The second kappa shape index (κ2) is 13.5. The number of carbonyl (C=O) groups is 2.